The molecular weight excluding hydrogens is 144 g/mol. The van der Waals surface area contributed by atoms with E-state index in [1.54, 1.807) is 0 Å². The molecule has 0 atom stereocenters. The monoisotopic (exact) mass is 164 g/mol. The zero-order valence-corrected chi connectivity index (χ0v) is 8.61. The normalized spacial score (nSPS) is 12.2. The molecule has 0 unspecified atom stereocenters. The number of hydrogen-bond donors (Lipinski definition) is 0. The van der Waals surface area contributed by atoms with Crippen molar-refractivity contribution >= 4 is 0 Å². The Morgan fingerprint density at radius 2 is 1.83 bits per heavy atom. The third kappa shape index (κ3) is 3.08. The molecule has 0 bridgehead atoms. The summed E-state index contributed by atoms with van der Waals surface area (Å²) in [4.78, 5) is 0. The maximum atomic E-state index is 4.06. The van der Waals surface area contributed by atoms with Crippen molar-refractivity contribution in [1.29, 1.82) is 0 Å². The van der Waals surface area contributed by atoms with Crippen molar-refractivity contribution in [3.8, 4) is 0 Å². The molecule has 0 radical (unpaired) electrons. The first-order valence-corrected chi connectivity index (χ1v) is 4.64. The van der Waals surface area contributed by atoms with Crippen LogP contribution in [-0.2, 0) is 0 Å². The third-order valence-corrected chi connectivity index (χ3v) is 2.17. The first-order chi connectivity index (χ1) is 5.67. The predicted molar refractivity (Wildman–Crippen MR) is 57.2 cm³/mol. The molecule has 0 spiro atoms. The second-order valence-corrected chi connectivity index (χ2v) is 3.06. The van der Waals surface area contributed by atoms with Gasteiger partial charge in [0.1, 0.15) is 0 Å². The molecule has 0 aromatic heterocycles. The van der Waals surface area contributed by atoms with Gasteiger partial charge in [-0.2, -0.15) is 0 Å². The molecular formula is C12H20. The first kappa shape index (κ1) is 11.2. The summed E-state index contributed by atoms with van der Waals surface area (Å²) in [7, 11) is 0. The van der Waals surface area contributed by atoms with Gasteiger partial charge in [-0.25, -0.2) is 0 Å². The van der Waals surface area contributed by atoms with Crippen LogP contribution in [0.2, 0.25) is 0 Å². The van der Waals surface area contributed by atoms with Crippen LogP contribution >= 0.6 is 0 Å². The number of rotatable bonds is 5. The Balaban J connectivity index is 4.59. The molecule has 0 N–H and O–H groups in total. The lowest BCUT2D eigenvalue weighted by molar-refractivity contribution is 0.983. The lowest BCUT2D eigenvalue weighted by Gasteiger charge is -2.10. The minimum Gasteiger partial charge on any atom is -0.103 e. The van der Waals surface area contributed by atoms with E-state index in [0.29, 0.717) is 0 Å². The largest absolute Gasteiger partial charge is 0.103 e. The summed E-state index contributed by atoms with van der Waals surface area (Å²) >= 11 is 0. The van der Waals surface area contributed by atoms with Crippen LogP contribution in [0.25, 0.3) is 0 Å². The molecule has 0 aliphatic carbocycles. The van der Waals surface area contributed by atoms with Gasteiger partial charge < -0.3 is 0 Å². The SMILES string of the molecule is C=CCC(C)=C(CC)C(=C)CC. The Bertz CT molecular complexity index is 194. The maximum absolute atomic E-state index is 4.06. The summed E-state index contributed by atoms with van der Waals surface area (Å²) in [6, 6.07) is 0. The Labute approximate surface area is 76.7 Å². The van der Waals surface area contributed by atoms with Gasteiger partial charge in [-0.3, -0.25) is 0 Å². The van der Waals surface area contributed by atoms with Crippen molar-refractivity contribution in [2.75, 3.05) is 0 Å². The zero-order valence-electron chi connectivity index (χ0n) is 8.61. The summed E-state index contributed by atoms with van der Waals surface area (Å²) in [5.74, 6) is 0. The minimum atomic E-state index is 0.988. The fraction of sp³-hybridized carbons (Fsp3) is 0.500. The Kier molecular flexibility index (Phi) is 5.44. The lowest BCUT2D eigenvalue weighted by Crippen LogP contribution is -1.90. The van der Waals surface area contributed by atoms with Crippen LogP contribution in [0.4, 0.5) is 0 Å². The van der Waals surface area contributed by atoms with Crippen LogP contribution < -0.4 is 0 Å². The smallest absolute Gasteiger partial charge is 0.0138 e. The second-order valence-electron chi connectivity index (χ2n) is 3.06. The zero-order chi connectivity index (χ0) is 9.56. The van der Waals surface area contributed by atoms with Gasteiger partial charge in [-0.1, -0.05) is 37.6 Å². The highest BCUT2D eigenvalue weighted by atomic mass is 14.1. The van der Waals surface area contributed by atoms with E-state index >= 15 is 0 Å². The van der Waals surface area contributed by atoms with Crippen LogP contribution in [0.15, 0.2) is 36.0 Å². The molecule has 0 saturated heterocycles. The van der Waals surface area contributed by atoms with Crippen molar-refractivity contribution in [3.05, 3.63) is 36.0 Å². The van der Waals surface area contributed by atoms with Gasteiger partial charge in [0.05, 0.1) is 0 Å². The summed E-state index contributed by atoms with van der Waals surface area (Å²) in [5.41, 5.74) is 4.12. The molecule has 0 aliphatic rings. The van der Waals surface area contributed by atoms with E-state index in [1.807, 2.05) is 6.08 Å². The van der Waals surface area contributed by atoms with Crippen molar-refractivity contribution < 1.29 is 0 Å². The van der Waals surface area contributed by atoms with Crippen molar-refractivity contribution in [2.24, 2.45) is 0 Å². The van der Waals surface area contributed by atoms with Gasteiger partial charge in [0.25, 0.3) is 0 Å². The molecule has 0 heterocycles. The van der Waals surface area contributed by atoms with E-state index < -0.39 is 0 Å². The van der Waals surface area contributed by atoms with Gasteiger partial charge >= 0.3 is 0 Å². The molecule has 0 aliphatic heterocycles. The molecule has 0 nitrogen and oxygen atoms in total. The molecule has 12 heavy (non-hydrogen) atoms. The first-order valence-electron chi connectivity index (χ1n) is 4.64. The van der Waals surface area contributed by atoms with E-state index in [1.165, 1.54) is 16.7 Å². The number of hydrogen-bond acceptors (Lipinski definition) is 0. The van der Waals surface area contributed by atoms with Crippen molar-refractivity contribution in [1.82, 2.24) is 0 Å². The Morgan fingerprint density at radius 3 is 2.17 bits per heavy atom. The Hall–Kier alpha value is -0.780. The summed E-state index contributed by atoms with van der Waals surface area (Å²) in [6.07, 6.45) is 5.08. The molecule has 68 valence electrons. The lowest BCUT2D eigenvalue weighted by atomic mass is 9.96. The van der Waals surface area contributed by atoms with E-state index in [-0.39, 0.29) is 0 Å². The van der Waals surface area contributed by atoms with Crippen molar-refractivity contribution in [3.63, 3.8) is 0 Å². The van der Waals surface area contributed by atoms with E-state index in [0.717, 1.165) is 19.3 Å². The Morgan fingerprint density at radius 1 is 1.25 bits per heavy atom. The summed E-state index contributed by atoms with van der Waals surface area (Å²) in [6.45, 7) is 14.3. The fourth-order valence-corrected chi connectivity index (χ4v) is 1.41. The number of allylic oxidation sites excluding steroid dienone is 4. The summed E-state index contributed by atoms with van der Waals surface area (Å²) in [5, 5.41) is 0. The minimum absolute atomic E-state index is 0.988. The van der Waals surface area contributed by atoms with Gasteiger partial charge in [0.2, 0.25) is 0 Å². The molecule has 0 aromatic carbocycles. The molecule has 0 heteroatoms. The molecule has 0 fully saturated rings. The van der Waals surface area contributed by atoms with E-state index in [2.05, 4.69) is 33.9 Å². The average Bonchev–Trinajstić information content (AvgIpc) is 2.06. The van der Waals surface area contributed by atoms with Crippen LogP contribution in [0.1, 0.15) is 40.0 Å². The highest BCUT2D eigenvalue weighted by molar-refractivity contribution is 5.32. The van der Waals surface area contributed by atoms with Gasteiger partial charge in [0.15, 0.2) is 0 Å². The molecule has 0 saturated carbocycles. The van der Waals surface area contributed by atoms with Gasteiger partial charge in [0, 0.05) is 0 Å². The third-order valence-electron chi connectivity index (χ3n) is 2.17. The van der Waals surface area contributed by atoms with Crippen LogP contribution in [0, 0.1) is 0 Å². The van der Waals surface area contributed by atoms with E-state index in [4.69, 9.17) is 0 Å². The fourth-order valence-electron chi connectivity index (χ4n) is 1.41. The highest BCUT2D eigenvalue weighted by Gasteiger charge is 2.01. The molecule has 0 amide bonds. The van der Waals surface area contributed by atoms with Crippen LogP contribution in [0.5, 0.6) is 0 Å². The molecule has 0 rings (SSSR count). The quantitative estimate of drug-likeness (QED) is 0.421. The van der Waals surface area contributed by atoms with E-state index in [9.17, 15) is 0 Å². The topological polar surface area (TPSA) is 0 Å². The summed E-state index contributed by atoms with van der Waals surface area (Å²) < 4.78 is 0. The van der Waals surface area contributed by atoms with Crippen LogP contribution in [-0.4, -0.2) is 0 Å². The highest BCUT2D eigenvalue weighted by Crippen LogP contribution is 2.21. The average molecular weight is 164 g/mol. The predicted octanol–water partition coefficient (Wildman–Crippen LogP) is 4.26. The van der Waals surface area contributed by atoms with Gasteiger partial charge in [-0.15, -0.1) is 6.58 Å². The second kappa shape index (κ2) is 5.82. The molecule has 0 aromatic rings. The van der Waals surface area contributed by atoms with Crippen LogP contribution in [0.3, 0.4) is 0 Å². The standard InChI is InChI=1S/C12H20/c1-6-9-11(5)12(8-3)10(4)7-2/h6H,1,4,7-9H2,2-3,5H3. The van der Waals surface area contributed by atoms with Crippen molar-refractivity contribution in [2.45, 2.75) is 40.0 Å². The maximum Gasteiger partial charge on any atom is -0.0138 e. The van der Waals surface area contributed by atoms with Gasteiger partial charge in [-0.05, 0) is 31.8 Å².